The molecule has 7 heavy (non-hydrogen) atoms. The van der Waals surface area contributed by atoms with Crippen LogP contribution in [0.15, 0.2) is 0 Å². The van der Waals surface area contributed by atoms with Crippen molar-refractivity contribution in [2.24, 2.45) is 0 Å². The Kier molecular flexibility index (Phi) is 1.75. The lowest BCUT2D eigenvalue weighted by molar-refractivity contribution is 0.0880. The predicted octanol–water partition coefficient (Wildman–Crippen LogP) is -2.53. The summed E-state index contributed by atoms with van der Waals surface area (Å²) in [4.78, 5) is 0.889. The van der Waals surface area contributed by atoms with E-state index in [-0.39, 0.29) is 0 Å². The first-order valence-electron chi connectivity index (χ1n) is 1.87. The Bertz CT molecular complexity index is 52.1. The minimum Gasteiger partial charge on any atom is -0.377 e. The van der Waals surface area contributed by atoms with E-state index in [1.165, 1.54) is 15.1 Å². The summed E-state index contributed by atoms with van der Waals surface area (Å²) in [6.07, 6.45) is 0. The Morgan fingerprint density at radius 1 is 1.29 bits per heavy atom. The van der Waals surface area contributed by atoms with Gasteiger partial charge in [0.15, 0.2) is 0 Å². The quantitative estimate of drug-likeness (QED) is 0.289. The molecule has 0 unspecified atom stereocenters. The molecule has 1 saturated heterocycles. The second-order valence-corrected chi connectivity index (χ2v) is 1.12. The Balaban J connectivity index is 2.12. The van der Waals surface area contributed by atoms with Crippen molar-refractivity contribution in [1.82, 2.24) is 15.2 Å². The molecule has 0 aliphatic carbocycles. The number of nitrogens with one attached hydrogen (secondary N) is 2. The van der Waals surface area contributed by atoms with E-state index in [1.54, 1.807) is 7.55 Å². The second-order valence-electron chi connectivity index (χ2n) is 1.12. The van der Waals surface area contributed by atoms with Crippen LogP contribution in [0, 0.1) is 0 Å². The van der Waals surface area contributed by atoms with Gasteiger partial charge in [-0.25, -0.2) is 4.89 Å². The fourth-order valence-electron chi connectivity index (χ4n) is 0.313. The van der Waals surface area contributed by atoms with Gasteiger partial charge in [0.1, 0.15) is 0 Å². The van der Waals surface area contributed by atoms with Gasteiger partial charge in [-0.05, 0) is 0 Å². The van der Waals surface area contributed by atoms with Crippen LogP contribution in [-0.2, 0) is 0 Å². The van der Waals surface area contributed by atoms with Gasteiger partial charge < -0.3 is 15.5 Å². The van der Waals surface area contributed by atoms with Crippen molar-refractivity contribution in [3.63, 3.8) is 0 Å². The molecule has 4 nitrogen and oxygen atoms in total. The van der Waals surface area contributed by atoms with Crippen molar-refractivity contribution in [3.8, 4) is 0 Å². The molecule has 0 saturated carbocycles. The Morgan fingerprint density at radius 3 is 2.14 bits per heavy atom. The molecule has 0 bridgehead atoms. The zero-order chi connectivity index (χ0) is 5.11. The van der Waals surface area contributed by atoms with Crippen LogP contribution in [0.5, 0.6) is 0 Å². The minimum atomic E-state index is 0.889. The zero-order valence-corrected chi connectivity index (χ0v) is 3.63. The summed E-state index contributed by atoms with van der Waals surface area (Å²) in [6.45, 7) is 0. The van der Waals surface area contributed by atoms with Crippen LogP contribution in [0.2, 0.25) is 0 Å². The topological polar surface area (TPSA) is 47.5 Å². The molecule has 1 aliphatic heterocycles. The van der Waals surface area contributed by atoms with Crippen molar-refractivity contribution in [3.05, 3.63) is 0 Å². The van der Waals surface area contributed by atoms with Gasteiger partial charge in [-0.15, -0.1) is 0 Å². The van der Waals surface area contributed by atoms with Crippen molar-refractivity contribution >= 4 is 22.6 Å². The van der Waals surface area contributed by atoms with Crippen molar-refractivity contribution in [1.29, 1.82) is 0 Å². The molecule has 33 valence electrons. The molecule has 0 aromatic carbocycles. The number of rotatable bonds is 0. The number of nitrogens with zero attached hydrogens (tertiary/aromatic N) is 1. The van der Waals surface area contributed by atoms with Crippen LogP contribution in [-0.4, -0.2) is 32.7 Å². The summed E-state index contributed by atoms with van der Waals surface area (Å²) in [5.41, 5.74) is 0. The maximum atomic E-state index is 8.49. The third-order valence-corrected chi connectivity index (χ3v) is 0.580. The second kappa shape index (κ2) is 2.37. The van der Waals surface area contributed by atoms with Gasteiger partial charge in [0, 0.05) is 0 Å². The van der Waals surface area contributed by atoms with Crippen LogP contribution < -0.4 is 10.3 Å². The maximum Gasteiger partial charge on any atom is 0.313 e. The maximum absolute atomic E-state index is 8.49. The molecular formula is H3B3N3O. The van der Waals surface area contributed by atoms with E-state index in [1.807, 2.05) is 0 Å². The van der Waals surface area contributed by atoms with Gasteiger partial charge in [-0.2, -0.15) is 0 Å². The standard InChI is InChI=1S/B3H3N3O/c7-6-2-4-1-5-3-6/h4-5,7H. The van der Waals surface area contributed by atoms with E-state index in [2.05, 4.69) is 10.3 Å². The largest absolute Gasteiger partial charge is 0.377 e. The Labute approximate surface area is 44.1 Å². The molecule has 0 spiro atoms. The van der Waals surface area contributed by atoms with E-state index in [0.717, 1.165) is 4.89 Å². The first kappa shape index (κ1) is 5.18. The highest BCUT2D eigenvalue weighted by atomic mass is 16.5. The average molecular weight is 93.5 g/mol. The summed E-state index contributed by atoms with van der Waals surface area (Å²) >= 11 is 0. The first-order valence-corrected chi connectivity index (χ1v) is 1.87. The van der Waals surface area contributed by atoms with Crippen LogP contribution in [0.3, 0.4) is 0 Å². The third-order valence-electron chi connectivity index (χ3n) is 0.580. The van der Waals surface area contributed by atoms with Gasteiger partial charge in [0.05, 0.1) is 0 Å². The Morgan fingerprint density at radius 2 is 1.86 bits per heavy atom. The van der Waals surface area contributed by atoms with Gasteiger partial charge in [-0.1, -0.05) is 0 Å². The highest BCUT2D eigenvalue weighted by molar-refractivity contribution is 6.64. The van der Waals surface area contributed by atoms with Gasteiger partial charge in [-0.3, -0.25) is 0 Å². The lowest BCUT2D eigenvalue weighted by atomic mass is 9.84. The van der Waals surface area contributed by atoms with Crippen molar-refractivity contribution < 1.29 is 5.21 Å². The van der Waals surface area contributed by atoms with Gasteiger partial charge in [0.25, 0.3) is 7.55 Å². The van der Waals surface area contributed by atoms with E-state index in [0.29, 0.717) is 0 Å². The van der Waals surface area contributed by atoms with Crippen LogP contribution in [0.1, 0.15) is 0 Å². The normalized spacial score (nSPS) is 21.9. The van der Waals surface area contributed by atoms with E-state index in [9.17, 15) is 0 Å². The summed E-state index contributed by atoms with van der Waals surface area (Å²) < 4.78 is 0. The molecule has 0 aromatic heterocycles. The summed E-state index contributed by atoms with van der Waals surface area (Å²) in [7, 11) is 4.39. The first-order chi connectivity index (χ1) is 3.39. The zero-order valence-electron chi connectivity index (χ0n) is 3.63. The van der Waals surface area contributed by atoms with E-state index >= 15 is 0 Å². The minimum absolute atomic E-state index is 0.889. The van der Waals surface area contributed by atoms with Crippen LogP contribution in [0.25, 0.3) is 0 Å². The number of hydrogen-bond donors (Lipinski definition) is 3. The average Bonchev–Trinajstić information content (AvgIpc) is 1.69. The highest BCUT2D eigenvalue weighted by Crippen LogP contribution is 1.68. The lowest BCUT2D eigenvalue weighted by Gasteiger charge is -2.17. The summed E-state index contributed by atoms with van der Waals surface area (Å²) in [6, 6.07) is 0. The SMILES string of the molecule is ON1[B]N[B]N[B]1. The molecule has 1 fully saturated rings. The fourth-order valence-corrected chi connectivity index (χ4v) is 0.313. The molecule has 0 atom stereocenters. The predicted molar refractivity (Wildman–Crippen MR) is 27.2 cm³/mol. The van der Waals surface area contributed by atoms with Crippen LogP contribution >= 0.6 is 0 Å². The highest BCUT2D eigenvalue weighted by Gasteiger charge is 2.09. The molecule has 1 heterocycles. The van der Waals surface area contributed by atoms with Crippen molar-refractivity contribution in [2.75, 3.05) is 0 Å². The van der Waals surface area contributed by atoms with Gasteiger partial charge >= 0.3 is 15.1 Å². The number of hydrogen-bond acceptors (Lipinski definition) is 4. The van der Waals surface area contributed by atoms with Crippen LogP contribution in [0.4, 0.5) is 0 Å². The smallest absolute Gasteiger partial charge is 0.313 e. The van der Waals surface area contributed by atoms with E-state index < -0.39 is 0 Å². The summed E-state index contributed by atoms with van der Waals surface area (Å²) in [5, 5.41) is 13.7. The molecule has 7 heteroatoms. The monoisotopic (exact) mass is 94.1 g/mol. The molecule has 0 amide bonds. The Hall–Kier alpha value is 0.0348. The molecule has 1 aliphatic rings. The molecular weight excluding hydrogens is 90.5 g/mol. The lowest BCUT2D eigenvalue weighted by Crippen LogP contribution is -2.56. The third kappa shape index (κ3) is 1.52. The van der Waals surface area contributed by atoms with E-state index in [4.69, 9.17) is 5.21 Å². The molecule has 3 N–H and O–H groups in total. The molecule has 1 rings (SSSR count). The fraction of sp³-hybridized carbons (Fsp3) is 0. The van der Waals surface area contributed by atoms with Crippen molar-refractivity contribution in [2.45, 2.75) is 0 Å². The van der Waals surface area contributed by atoms with Gasteiger partial charge in [0.2, 0.25) is 0 Å². The molecule has 3 radical (unpaired) electrons. The summed E-state index contributed by atoms with van der Waals surface area (Å²) in [5.74, 6) is 0. The molecule has 0 aromatic rings.